The van der Waals surface area contributed by atoms with Crippen LogP contribution in [0.2, 0.25) is 0 Å². The number of fused-ring (bicyclic) bond motifs is 3. The van der Waals surface area contributed by atoms with Crippen molar-refractivity contribution in [3.8, 4) is 11.5 Å². The van der Waals surface area contributed by atoms with Gasteiger partial charge >= 0.3 is 0 Å². The number of rotatable bonds is 6. The maximum atomic E-state index is 11.9. The number of likely N-dealkylation sites (N-methyl/N-ethyl adjacent to an activating group) is 1. The van der Waals surface area contributed by atoms with Gasteiger partial charge < -0.3 is 19.7 Å². The van der Waals surface area contributed by atoms with E-state index in [0.717, 1.165) is 32.5 Å². The van der Waals surface area contributed by atoms with Crippen LogP contribution >= 0.6 is 0 Å². The Labute approximate surface area is 148 Å². The van der Waals surface area contributed by atoms with Gasteiger partial charge in [-0.25, -0.2) is 0 Å². The second-order valence-corrected chi connectivity index (χ2v) is 6.63. The van der Waals surface area contributed by atoms with E-state index in [1.165, 1.54) is 4.90 Å². The van der Waals surface area contributed by atoms with Crippen LogP contribution < -0.4 is 19.7 Å². The van der Waals surface area contributed by atoms with Crippen LogP contribution in [0.25, 0.3) is 0 Å². The number of hydrogen-bond acceptors (Lipinski definition) is 6. The van der Waals surface area contributed by atoms with Crippen molar-refractivity contribution in [1.29, 1.82) is 5.41 Å². The van der Waals surface area contributed by atoms with Gasteiger partial charge in [0, 0.05) is 12.6 Å². The number of piperidine rings is 3. The Bertz CT molecular complexity index is 658. The van der Waals surface area contributed by atoms with Crippen molar-refractivity contribution in [1.82, 2.24) is 10.2 Å². The summed E-state index contributed by atoms with van der Waals surface area (Å²) >= 11 is 0. The van der Waals surface area contributed by atoms with E-state index < -0.39 is 5.54 Å². The Morgan fingerprint density at radius 2 is 2.08 bits per heavy atom. The lowest BCUT2D eigenvalue weighted by Gasteiger charge is -2.54. The number of nitrogens with one attached hydrogen (secondary N) is 2. The molecule has 7 nitrogen and oxygen atoms in total. The van der Waals surface area contributed by atoms with Gasteiger partial charge in [-0.15, -0.1) is 0 Å². The molecule has 1 aromatic carbocycles. The fourth-order valence-electron chi connectivity index (χ4n) is 4.16. The first kappa shape index (κ1) is 17.7. The van der Waals surface area contributed by atoms with Crippen molar-refractivity contribution < 1.29 is 14.3 Å². The van der Waals surface area contributed by atoms with Gasteiger partial charge in [0.05, 0.1) is 25.4 Å². The fraction of sp³-hybridized carbons (Fsp3) is 0.556. The van der Waals surface area contributed by atoms with E-state index in [1.54, 1.807) is 32.4 Å². The number of ether oxygens (including phenoxy) is 2. The summed E-state index contributed by atoms with van der Waals surface area (Å²) in [6, 6.07) is 5.25. The number of amidine groups is 1. The van der Waals surface area contributed by atoms with Gasteiger partial charge in [-0.05, 0) is 51.0 Å². The molecule has 4 rings (SSSR count). The van der Waals surface area contributed by atoms with Crippen LogP contribution in [0.5, 0.6) is 11.5 Å². The number of amides is 1. The van der Waals surface area contributed by atoms with Gasteiger partial charge in [-0.1, -0.05) is 0 Å². The van der Waals surface area contributed by atoms with Crippen LogP contribution in [-0.2, 0) is 4.79 Å². The largest absolute Gasteiger partial charge is 0.497 e. The molecule has 1 amide bonds. The predicted molar refractivity (Wildman–Crippen MR) is 96.8 cm³/mol. The molecule has 1 unspecified atom stereocenters. The van der Waals surface area contributed by atoms with Crippen molar-refractivity contribution in [2.45, 2.75) is 18.4 Å². The van der Waals surface area contributed by atoms with Gasteiger partial charge in [0.25, 0.3) is 0 Å². The third-order valence-corrected chi connectivity index (χ3v) is 5.62. The van der Waals surface area contributed by atoms with Gasteiger partial charge in [0.1, 0.15) is 17.3 Å². The second-order valence-electron chi connectivity index (χ2n) is 6.63. The monoisotopic (exact) mass is 346 g/mol. The van der Waals surface area contributed by atoms with Crippen molar-refractivity contribution in [2.75, 3.05) is 45.8 Å². The van der Waals surface area contributed by atoms with Gasteiger partial charge in [0.2, 0.25) is 6.41 Å². The van der Waals surface area contributed by atoms with E-state index in [2.05, 4.69) is 10.2 Å². The van der Waals surface area contributed by atoms with E-state index in [-0.39, 0.29) is 5.84 Å². The molecule has 1 aromatic rings. The number of carbonyl (C=O) groups is 1. The highest BCUT2D eigenvalue weighted by atomic mass is 16.5. The Balaban J connectivity index is 1.98. The Morgan fingerprint density at radius 1 is 1.36 bits per heavy atom. The maximum Gasteiger partial charge on any atom is 0.219 e. The summed E-state index contributed by atoms with van der Waals surface area (Å²) in [6.45, 7) is 2.87. The van der Waals surface area contributed by atoms with Crippen LogP contribution in [0, 0.1) is 11.3 Å². The molecule has 0 saturated carbocycles. The topological polar surface area (TPSA) is 77.9 Å². The van der Waals surface area contributed by atoms with Gasteiger partial charge in [0.15, 0.2) is 0 Å². The van der Waals surface area contributed by atoms with Crippen molar-refractivity contribution in [2.24, 2.45) is 5.92 Å². The summed E-state index contributed by atoms with van der Waals surface area (Å²) in [7, 11) is 5.01. The highest BCUT2D eigenvalue weighted by Crippen LogP contribution is 2.39. The molecular formula is C18H26N4O3. The van der Waals surface area contributed by atoms with E-state index in [0.29, 0.717) is 29.5 Å². The molecule has 3 aliphatic heterocycles. The quantitative estimate of drug-likeness (QED) is 0.462. The van der Waals surface area contributed by atoms with Gasteiger partial charge in [-0.3, -0.25) is 15.1 Å². The number of benzene rings is 1. The standard InChI is InChI=1S/C18H26N4O3/c1-20-18(11-21-8-6-13(18)7-9-21)17(19)22(12-23)15-5-4-14(24-2)10-16(15)25-3/h4-5,10,12-13,19-20H,6-9,11H2,1-3H3. The summed E-state index contributed by atoms with van der Waals surface area (Å²) in [5.74, 6) is 1.76. The zero-order valence-electron chi connectivity index (χ0n) is 15.0. The molecule has 3 heterocycles. The molecule has 3 aliphatic rings. The molecule has 7 heteroatoms. The smallest absolute Gasteiger partial charge is 0.219 e. The lowest BCUT2D eigenvalue weighted by Crippen LogP contribution is -2.71. The number of hydrogen-bond donors (Lipinski definition) is 2. The molecule has 25 heavy (non-hydrogen) atoms. The van der Waals surface area contributed by atoms with Crippen molar-refractivity contribution >= 4 is 17.9 Å². The lowest BCUT2D eigenvalue weighted by molar-refractivity contribution is -0.106. The average Bonchev–Trinajstić information content (AvgIpc) is 2.69. The first-order valence-corrected chi connectivity index (χ1v) is 8.56. The van der Waals surface area contributed by atoms with Crippen molar-refractivity contribution in [3.05, 3.63) is 18.2 Å². The second kappa shape index (κ2) is 7.01. The van der Waals surface area contributed by atoms with Crippen LogP contribution in [0.3, 0.4) is 0 Å². The summed E-state index contributed by atoms with van der Waals surface area (Å²) in [6.07, 6.45) is 2.77. The zero-order valence-corrected chi connectivity index (χ0v) is 15.0. The molecule has 136 valence electrons. The zero-order chi connectivity index (χ0) is 18.0. The molecule has 0 aromatic heterocycles. The van der Waals surface area contributed by atoms with E-state index in [4.69, 9.17) is 14.9 Å². The van der Waals surface area contributed by atoms with E-state index in [9.17, 15) is 4.79 Å². The van der Waals surface area contributed by atoms with Gasteiger partial charge in [-0.2, -0.15) is 0 Å². The van der Waals surface area contributed by atoms with Crippen molar-refractivity contribution in [3.63, 3.8) is 0 Å². The molecule has 0 spiro atoms. The number of nitrogens with zero attached hydrogens (tertiary/aromatic N) is 2. The fourth-order valence-corrected chi connectivity index (χ4v) is 4.16. The summed E-state index contributed by atoms with van der Waals surface area (Å²) < 4.78 is 10.7. The molecule has 1 atom stereocenters. The molecule has 0 aliphatic carbocycles. The molecular weight excluding hydrogens is 320 g/mol. The minimum Gasteiger partial charge on any atom is -0.497 e. The third-order valence-electron chi connectivity index (χ3n) is 5.62. The molecule has 0 radical (unpaired) electrons. The number of methoxy groups -OCH3 is 2. The average molecular weight is 346 g/mol. The lowest BCUT2D eigenvalue weighted by atomic mass is 9.71. The highest BCUT2D eigenvalue weighted by Gasteiger charge is 2.50. The van der Waals surface area contributed by atoms with Crippen LogP contribution in [0.15, 0.2) is 18.2 Å². The normalized spacial score (nSPS) is 27.6. The Morgan fingerprint density at radius 3 is 2.56 bits per heavy atom. The van der Waals surface area contributed by atoms with E-state index in [1.807, 2.05) is 7.05 Å². The first-order valence-electron chi connectivity index (χ1n) is 8.56. The minimum atomic E-state index is -0.525. The first-order chi connectivity index (χ1) is 12.1. The van der Waals surface area contributed by atoms with Crippen LogP contribution in [-0.4, -0.2) is 63.6 Å². The summed E-state index contributed by atoms with van der Waals surface area (Å²) in [4.78, 5) is 15.7. The molecule has 3 fully saturated rings. The molecule has 2 N–H and O–H groups in total. The number of anilines is 1. The van der Waals surface area contributed by atoms with E-state index >= 15 is 0 Å². The van der Waals surface area contributed by atoms with Crippen LogP contribution in [0.4, 0.5) is 5.69 Å². The molecule has 3 saturated heterocycles. The Kier molecular flexibility index (Phi) is 4.96. The highest BCUT2D eigenvalue weighted by molar-refractivity contribution is 6.14. The third kappa shape index (κ3) is 2.87. The SMILES string of the molecule is CNC1(C(=N)N(C=O)c2ccc(OC)cc2OC)CN2CCC1CC2. The summed E-state index contributed by atoms with van der Waals surface area (Å²) in [5, 5.41) is 12.2. The molecule has 2 bridgehead atoms. The van der Waals surface area contributed by atoms with Crippen LogP contribution in [0.1, 0.15) is 12.8 Å². The summed E-state index contributed by atoms with van der Waals surface area (Å²) in [5.41, 5.74) is 0.0249. The Hall–Kier alpha value is -2.12. The predicted octanol–water partition coefficient (Wildman–Crippen LogP) is 1.33. The minimum absolute atomic E-state index is 0.267. The maximum absolute atomic E-state index is 11.9. The number of carbonyl (C=O) groups excluding carboxylic acids is 1.